The summed E-state index contributed by atoms with van der Waals surface area (Å²) in [5.41, 5.74) is 0. The molecule has 13 heavy (non-hydrogen) atoms. The lowest BCUT2D eigenvalue weighted by atomic mass is 10.2. The molecule has 80 valence electrons. The number of likely N-dealkylation sites (N-methyl/N-ethyl adjacent to an activating group) is 1. The van der Waals surface area contributed by atoms with Gasteiger partial charge in [-0.15, -0.1) is 0 Å². The summed E-state index contributed by atoms with van der Waals surface area (Å²) in [6.45, 7) is 3.91. The smallest absolute Gasteiger partial charge is 0.0589 e. The second kappa shape index (κ2) is 9.96. The molecule has 0 aliphatic heterocycles. The monoisotopic (exact) mass is 189 g/mol. The Balaban J connectivity index is 3.03. The third kappa shape index (κ3) is 9.80. The van der Waals surface area contributed by atoms with Crippen molar-refractivity contribution in [3.8, 4) is 0 Å². The van der Waals surface area contributed by atoms with E-state index in [4.69, 9.17) is 9.47 Å². The van der Waals surface area contributed by atoms with Gasteiger partial charge in [0.05, 0.1) is 6.61 Å². The number of hydrogen-bond donors (Lipinski definition) is 0. The molecule has 0 fully saturated rings. The van der Waals surface area contributed by atoms with E-state index in [1.165, 1.54) is 19.3 Å². The predicted octanol–water partition coefficient (Wildman–Crippen LogP) is 1.38. The van der Waals surface area contributed by atoms with Crippen LogP contribution in [0.15, 0.2) is 0 Å². The first-order valence-electron chi connectivity index (χ1n) is 4.97. The summed E-state index contributed by atoms with van der Waals surface area (Å²) in [5, 5.41) is 0. The summed E-state index contributed by atoms with van der Waals surface area (Å²) < 4.78 is 9.98. The second-order valence-corrected chi connectivity index (χ2v) is 3.35. The lowest BCUT2D eigenvalue weighted by Gasteiger charge is -2.15. The van der Waals surface area contributed by atoms with Crippen LogP contribution in [0.3, 0.4) is 0 Å². The lowest BCUT2D eigenvalue weighted by molar-refractivity contribution is 0.158. The van der Waals surface area contributed by atoms with E-state index in [0.717, 1.165) is 26.3 Å². The summed E-state index contributed by atoms with van der Waals surface area (Å²) >= 11 is 0. The highest BCUT2D eigenvalue weighted by atomic mass is 16.5. The van der Waals surface area contributed by atoms with Gasteiger partial charge >= 0.3 is 0 Å². The van der Waals surface area contributed by atoms with Crippen LogP contribution in [-0.4, -0.2) is 52.5 Å². The van der Waals surface area contributed by atoms with E-state index in [9.17, 15) is 0 Å². The van der Waals surface area contributed by atoms with Gasteiger partial charge in [0, 0.05) is 27.4 Å². The number of ether oxygens (including phenoxy) is 2. The van der Waals surface area contributed by atoms with Crippen molar-refractivity contribution in [2.75, 3.05) is 47.6 Å². The molecule has 3 nitrogen and oxygen atoms in total. The molecular weight excluding hydrogens is 166 g/mol. The number of hydrogen-bond acceptors (Lipinski definition) is 3. The maximum Gasteiger partial charge on any atom is 0.0589 e. The predicted molar refractivity (Wildman–Crippen MR) is 55.1 cm³/mol. The number of unbranched alkanes of at least 4 members (excludes halogenated alkanes) is 2. The van der Waals surface area contributed by atoms with Crippen molar-refractivity contribution >= 4 is 0 Å². The standard InChI is InChI=1S/C10H23NO2/c1-11(8-10-13-3)7-5-4-6-9-12-2/h4-10H2,1-3H3. The highest BCUT2D eigenvalue weighted by Gasteiger charge is 1.96. The molecular formula is C10H23NO2. The molecule has 0 spiro atoms. The maximum absolute atomic E-state index is 5.00. The average Bonchev–Trinajstić information content (AvgIpc) is 2.14. The van der Waals surface area contributed by atoms with Gasteiger partial charge in [-0.1, -0.05) is 0 Å². The Bertz CT molecular complexity index is 98.9. The number of nitrogens with zero attached hydrogens (tertiary/aromatic N) is 1. The first kappa shape index (κ1) is 12.9. The molecule has 0 aliphatic carbocycles. The van der Waals surface area contributed by atoms with E-state index >= 15 is 0 Å². The molecule has 0 saturated heterocycles. The molecule has 0 bridgehead atoms. The minimum absolute atomic E-state index is 0.828. The Kier molecular flexibility index (Phi) is 9.87. The van der Waals surface area contributed by atoms with E-state index in [2.05, 4.69) is 11.9 Å². The van der Waals surface area contributed by atoms with Crippen molar-refractivity contribution in [1.82, 2.24) is 4.90 Å². The van der Waals surface area contributed by atoms with Crippen LogP contribution in [0.2, 0.25) is 0 Å². The Morgan fingerprint density at radius 1 is 0.846 bits per heavy atom. The Hall–Kier alpha value is -0.120. The summed E-state index contributed by atoms with van der Waals surface area (Å²) in [5.74, 6) is 0. The molecule has 0 saturated carbocycles. The topological polar surface area (TPSA) is 21.7 Å². The van der Waals surface area contributed by atoms with Crippen LogP contribution < -0.4 is 0 Å². The molecule has 0 unspecified atom stereocenters. The van der Waals surface area contributed by atoms with Crippen LogP contribution in [0.25, 0.3) is 0 Å². The molecule has 0 atom stereocenters. The van der Waals surface area contributed by atoms with E-state index in [1.54, 1.807) is 14.2 Å². The van der Waals surface area contributed by atoms with Gasteiger partial charge in [-0.25, -0.2) is 0 Å². The fourth-order valence-electron chi connectivity index (χ4n) is 1.16. The zero-order valence-corrected chi connectivity index (χ0v) is 9.21. The third-order valence-electron chi connectivity index (χ3n) is 2.07. The van der Waals surface area contributed by atoms with Crippen molar-refractivity contribution in [2.24, 2.45) is 0 Å². The molecule has 0 radical (unpaired) electrons. The zero-order chi connectivity index (χ0) is 9.94. The Morgan fingerprint density at radius 2 is 1.54 bits per heavy atom. The van der Waals surface area contributed by atoms with Gasteiger partial charge in [0.2, 0.25) is 0 Å². The van der Waals surface area contributed by atoms with E-state index in [0.29, 0.717) is 0 Å². The first-order chi connectivity index (χ1) is 6.31. The minimum Gasteiger partial charge on any atom is -0.385 e. The Labute approximate surface area is 82.0 Å². The fraction of sp³-hybridized carbons (Fsp3) is 1.00. The minimum atomic E-state index is 0.828. The van der Waals surface area contributed by atoms with Gasteiger partial charge in [-0.3, -0.25) is 0 Å². The van der Waals surface area contributed by atoms with Crippen LogP contribution in [0.4, 0.5) is 0 Å². The van der Waals surface area contributed by atoms with Crippen LogP contribution in [0.5, 0.6) is 0 Å². The summed E-state index contributed by atoms with van der Waals surface area (Å²) in [4.78, 5) is 2.30. The molecule has 0 aromatic carbocycles. The van der Waals surface area contributed by atoms with E-state index in [-0.39, 0.29) is 0 Å². The highest BCUT2D eigenvalue weighted by Crippen LogP contribution is 1.97. The van der Waals surface area contributed by atoms with Gasteiger partial charge < -0.3 is 14.4 Å². The summed E-state index contributed by atoms with van der Waals surface area (Å²) in [7, 11) is 5.63. The van der Waals surface area contributed by atoms with Gasteiger partial charge in [0.25, 0.3) is 0 Å². The third-order valence-corrected chi connectivity index (χ3v) is 2.07. The normalized spacial score (nSPS) is 11.1. The molecule has 0 rings (SSSR count). The molecule has 3 heteroatoms. The van der Waals surface area contributed by atoms with E-state index < -0.39 is 0 Å². The van der Waals surface area contributed by atoms with Gasteiger partial charge in [-0.05, 0) is 32.9 Å². The van der Waals surface area contributed by atoms with Crippen LogP contribution >= 0.6 is 0 Å². The SMILES string of the molecule is COCCCCCN(C)CCOC. The largest absolute Gasteiger partial charge is 0.385 e. The van der Waals surface area contributed by atoms with Crippen molar-refractivity contribution in [2.45, 2.75) is 19.3 Å². The lowest BCUT2D eigenvalue weighted by Crippen LogP contribution is -2.23. The van der Waals surface area contributed by atoms with Gasteiger partial charge in [-0.2, -0.15) is 0 Å². The van der Waals surface area contributed by atoms with Crippen molar-refractivity contribution in [3.63, 3.8) is 0 Å². The van der Waals surface area contributed by atoms with Crippen LogP contribution in [0.1, 0.15) is 19.3 Å². The van der Waals surface area contributed by atoms with E-state index in [1.807, 2.05) is 0 Å². The fourth-order valence-corrected chi connectivity index (χ4v) is 1.16. The number of rotatable bonds is 9. The second-order valence-electron chi connectivity index (χ2n) is 3.35. The molecule has 0 N–H and O–H groups in total. The molecule has 0 amide bonds. The van der Waals surface area contributed by atoms with Gasteiger partial charge in [0.15, 0.2) is 0 Å². The molecule has 0 aromatic heterocycles. The van der Waals surface area contributed by atoms with Gasteiger partial charge in [0.1, 0.15) is 0 Å². The quantitative estimate of drug-likeness (QED) is 0.511. The maximum atomic E-state index is 5.00. The summed E-state index contributed by atoms with van der Waals surface area (Å²) in [6.07, 6.45) is 3.68. The zero-order valence-electron chi connectivity index (χ0n) is 9.21. The average molecular weight is 189 g/mol. The summed E-state index contributed by atoms with van der Waals surface area (Å²) in [6, 6.07) is 0. The van der Waals surface area contributed by atoms with Crippen molar-refractivity contribution in [1.29, 1.82) is 0 Å². The molecule has 0 aromatic rings. The van der Waals surface area contributed by atoms with Crippen molar-refractivity contribution < 1.29 is 9.47 Å². The Morgan fingerprint density at radius 3 is 2.15 bits per heavy atom. The van der Waals surface area contributed by atoms with Crippen LogP contribution in [0, 0.1) is 0 Å². The number of methoxy groups -OCH3 is 2. The first-order valence-corrected chi connectivity index (χ1v) is 4.97. The van der Waals surface area contributed by atoms with Crippen molar-refractivity contribution in [3.05, 3.63) is 0 Å². The molecule has 0 heterocycles. The molecule has 0 aliphatic rings. The van der Waals surface area contributed by atoms with Crippen LogP contribution in [-0.2, 0) is 9.47 Å². The highest BCUT2D eigenvalue weighted by molar-refractivity contribution is 4.51.